The second kappa shape index (κ2) is 4.26. The van der Waals surface area contributed by atoms with Gasteiger partial charge in [-0.1, -0.05) is 54.6 Å². The van der Waals surface area contributed by atoms with Crippen LogP contribution in [0.25, 0.3) is 22.6 Å². The summed E-state index contributed by atoms with van der Waals surface area (Å²) in [6.45, 7) is 0. The van der Waals surface area contributed by atoms with Gasteiger partial charge in [0, 0.05) is 17.3 Å². The van der Waals surface area contributed by atoms with Crippen molar-refractivity contribution in [2.75, 3.05) is 0 Å². The van der Waals surface area contributed by atoms with Crippen molar-refractivity contribution < 1.29 is 0 Å². The fraction of sp³-hybridized carbons (Fsp3) is 0. The average molecular weight is 219 g/mol. The van der Waals surface area contributed by atoms with Crippen LogP contribution >= 0.6 is 0 Å². The molecular formula is C15H11N2. The zero-order valence-electron chi connectivity index (χ0n) is 9.22. The minimum absolute atomic E-state index is 0.897. The number of rotatable bonds is 2. The molecule has 0 amide bonds. The maximum Gasteiger partial charge on any atom is 0.138 e. The molecule has 17 heavy (non-hydrogen) atoms. The van der Waals surface area contributed by atoms with E-state index in [1.165, 1.54) is 0 Å². The van der Waals surface area contributed by atoms with Crippen LogP contribution in [0.3, 0.4) is 0 Å². The number of nitrogens with zero attached hydrogens (tertiary/aromatic N) is 1. The zero-order valence-corrected chi connectivity index (χ0v) is 9.22. The summed E-state index contributed by atoms with van der Waals surface area (Å²) in [7, 11) is 0. The third-order valence-electron chi connectivity index (χ3n) is 2.64. The molecule has 0 aliphatic rings. The lowest BCUT2D eigenvalue weighted by Gasteiger charge is -1.95. The number of imidazole rings is 1. The molecule has 2 aromatic carbocycles. The van der Waals surface area contributed by atoms with Crippen molar-refractivity contribution in [3.8, 4) is 22.6 Å². The van der Waals surface area contributed by atoms with Crippen molar-refractivity contribution in [3.05, 3.63) is 66.9 Å². The van der Waals surface area contributed by atoms with E-state index in [2.05, 4.69) is 16.0 Å². The molecule has 0 atom stereocenters. The van der Waals surface area contributed by atoms with Crippen LogP contribution < -0.4 is 0 Å². The smallest absolute Gasteiger partial charge is 0.138 e. The van der Waals surface area contributed by atoms with Gasteiger partial charge in [-0.25, -0.2) is 4.98 Å². The lowest BCUT2D eigenvalue weighted by molar-refractivity contribution is 1.31. The first kappa shape index (κ1) is 9.85. The highest BCUT2D eigenvalue weighted by atomic mass is 14.9. The third-order valence-corrected chi connectivity index (χ3v) is 2.64. The highest BCUT2D eigenvalue weighted by molar-refractivity contribution is 5.64. The lowest BCUT2D eigenvalue weighted by atomic mass is 10.2. The number of aromatic amines is 1. The van der Waals surface area contributed by atoms with Gasteiger partial charge in [0.2, 0.25) is 0 Å². The van der Waals surface area contributed by atoms with Gasteiger partial charge in [-0.15, -0.1) is 0 Å². The number of hydrogen-bond donors (Lipinski definition) is 1. The van der Waals surface area contributed by atoms with Gasteiger partial charge in [0.05, 0.1) is 5.69 Å². The first-order chi connectivity index (χ1) is 8.43. The fourth-order valence-corrected chi connectivity index (χ4v) is 1.77. The van der Waals surface area contributed by atoms with Gasteiger partial charge in [-0.05, 0) is 6.07 Å². The molecule has 2 heteroatoms. The molecule has 0 fully saturated rings. The molecule has 3 aromatic rings. The molecule has 0 saturated carbocycles. The number of nitrogens with one attached hydrogen (secondary N) is 1. The summed E-state index contributed by atoms with van der Waals surface area (Å²) in [5.41, 5.74) is 3.15. The normalized spacial score (nSPS) is 10.4. The molecule has 2 nitrogen and oxygen atoms in total. The molecule has 0 unspecified atom stereocenters. The summed E-state index contributed by atoms with van der Waals surface area (Å²) < 4.78 is 0. The Morgan fingerprint density at radius 1 is 0.882 bits per heavy atom. The van der Waals surface area contributed by atoms with Gasteiger partial charge in [-0.2, -0.15) is 0 Å². The van der Waals surface area contributed by atoms with Crippen LogP contribution in [-0.4, -0.2) is 9.97 Å². The maximum absolute atomic E-state index is 4.58. The van der Waals surface area contributed by atoms with Crippen LogP contribution in [0.4, 0.5) is 0 Å². The van der Waals surface area contributed by atoms with E-state index in [9.17, 15) is 0 Å². The Bertz CT molecular complexity index is 543. The summed E-state index contributed by atoms with van der Waals surface area (Å²) in [6.07, 6.45) is 1.93. The molecular weight excluding hydrogens is 208 g/mol. The van der Waals surface area contributed by atoms with E-state index in [1.54, 1.807) is 0 Å². The van der Waals surface area contributed by atoms with Gasteiger partial charge < -0.3 is 4.98 Å². The molecule has 0 spiro atoms. The summed E-state index contributed by atoms with van der Waals surface area (Å²) >= 11 is 0. The molecule has 0 aliphatic carbocycles. The number of hydrogen-bond acceptors (Lipinski definition) is 1. The first-order valence-electron chi connectivity index (χ1n) is 5.51. The highest BCUT2D eigenvalue weighted by Crippen LogP contribution is 2.21. The Balaban J connectivity index is 1.99. The fourth-order valence-electron chi connectivity index (χ4n) is 1.77. The maximum atomic E-state index is 4.58. The number of H-pyrrole nitrogens is 1. The van der Waals surface area contributed by atoms with E-state index in [1.807, 2.05) is 60.8 Å². The number of benzene rings is 2. The topological polar surface area (TPSA) is 28.7 Å². The van der Waals surface area contributed by atoms with Gasteiger partial charge in [-0.3, -0.25) is 0 Å². The summed E-state index contributed by atoms with van der Waals surface area (Å²) in [6, 6.07) is 20.9. The van der Waals surface area contributed by atoms with E-state index >= 15 is 0 Å². The summed E-state index contributed by atoms with van der Waals surface area (Å²) in [4.78, 5) is 7.78. The minimum Gasteiger partial charge on any atom is -0.344 e. The summed E-state index contributed by atoms with van der Waals surface area (Å²) in [5, 5.41) is 0. The van der Waals surface area contributed by atoms with E-state index < -0.39 is 0 Å². The van der Waals surface area contributed by atoms with Gasteiger partial charge in [0.15, 0.2) is 0 Å². The van der Waals surface area contributed by atoms with Crippen molar-refractivity contribution in [2.24, 2.45) is 0 Å². The monoisotopic (exact) mass is 219 g/mol. The molecule has 3 rings (SSSR count). The van der Waals surface area contributed by atoms with Crippen LogP contribution in [-0.2, 0) is 0 Å². The van der Waals surface area contributed by atoms with E-state index in [-0.39, 0.29) is 0 Å². The molecule has 81 valence electrons. The molecule has 1 aromatic heterocycles. The predicted octanol–water partition coefficient (Wildman–Crippen LogP) is 3.54. The Morgan fingerprint density at radius 3 is 2.41 bits per heavy atom. The van der Waals surface area contributed by atoms with Crippen molar-refractivity contribution in [1.29, 1.82) is 0 Å². The Kier molecular flexibility index (Phi) is 2.47. The molecule has 1 N–H and O–H groups in total. The van der Waals surface area contributed by atoms with Crippen LogP contribution in [0.15, 0.2) is 60.8 Å². The van der Waals surface area contributed by atoms with Crippen molar-refractivity contribution in [1.82, 2.24) is 9.97 Å². The molecule has 1 radical (unpaired) electrons. The third kappa shape index (κ3) is 1.97. The average Bonchev–Trinajstić information content (AvgIpc) is 2.90. The van der Waals surface area contributed by atoms with Gasteiger partial charge >= 0.3 is 0 Å². The van der Waals surface area contributed by atoms with E-state index in [0.717, 1.165) is 22.6 Å². The Morgan fingerprint density at radius 2 is 1.65 bits per heavy atom. The van der Waals surface area contributed by atoms with Crippen LogP contribution in [0, 0.1) is 6.07 Å². The predicted molar refractivity (Wildman–Crippen MR) is 68.3 cm³/mol. The minimum atomic E-state index is 0.897. The molecule has 0 bridgehead atoms. The van der Waals surface area contributed by atoms with Crippen molar-refractivity contribution >= 4 is 0 Å². The molecule has 0 saturated heterocycles. The van der Waals surface area contributed by atoms with Crippen LogP contribution in [0.2, 0.25) is 0 Å². The van der Waals surface area contributed by atoms with E-state index in [0.29, 0.717) is 0 Å². The quantitative estimate of drug-likeness (QED) is 0.701. The standard InChI is InChI=1S/C15H11N2/c1-3-7-12(8-4-1)14-11-16-15(17-14)13-9-5-2-6-10-13/h2-11H,(H,16,17). The second-order valence-corrected chi connectivity index (χ2v) is 3.79. The molecule has 0 aliphatic heterocycles. The SMILES string of the molecule is [c]1ccc(-c2c[nH]c(-c3ccccc3)n2)cc1. The van der Waals surface area contributed by atoms with E-state index in [4.69, 9.17) is 0 Å². The molecule has 1 heterocycles. The zero-order chi connectivity index (χ0) is 11.5. The lowest BCUT2D eigenvalue weighted by Crippen LogP contribution is -1.80. The highest BCUT2D eigenvalue weighted by Gasteiger charge is 2.04. The van der Waals surface area contributed by atoms with Crippen molar-refractivity contribution in [2.45, 2.75) is 0 Å². The summed E-state index contributed by atoms with van der Waals surface area (Å²) in [5.74, 6) is 0.897. The van der Waals surface area contributed by atoms with Gasteiger partial charge in [0.1, 0.15) is 5.82 Å². The van der Waals surface area contributed by atoms with Crippen molar-refractivity contribution in [3.63, 3.8) is 0 Å². The van der Waals surface area contributed by atoms with Crippen LogP contribution in [0.5, 0.6) is 0 Å². The largest absolute Gasteiger partial charge is 0.344 e. The Labute approximate surface area is 100.0 Å². The Hall–Kier alpha value is -2.35. The first-order valence-corrected chi connectivity index (χ1v) is 5.51. The number of aromatic nitrogens is 2. The second-order valence-electron chi connectivity index (χ2n) is 3.79. The van der Waals surface area contributed by atoms with Crippen LogP contribution in [0.1, 0.15) is 0 Å². The van der Waals surface area contributed by atoms with Gasteiger partial charge in [0.25, 0.3) is 0 Å².